The number of hydrogen-bond donors (Lipinski definition) is 5. The van der Waals surface area contributed by atoms with Gasteiger partial charge in [0.25, 0.3) is 0 Å². The zero-order chi connectivity index (χ0) is 31.6. The molecule has 0 bridgehead atoms. The fourth-order valence-electron chi connectivity index (χ4n) is 3.27. The molecule has 43 heavy (non-hydrogen) atoms. The van der Waals surface area contributed by atoms with Gasteiger partial charge in [0.15, 0.2) is 5.69 Å². The van der Waals surface area contributed by atoms with Crippen molar-refractivity contribution in [2.45, 2.75) is 38.8 Å². The third-order valence-electron chi connectivity index (χ3n) is 5.77. The number of H-pyrrole nitrogens is 1. The van der Waals surface area contributed by atoms with Crippen LogP contribution in [0, 0.1) is 3.57 Å². The highest BCUT2D eigenvalue weighted by Crippen LogP contribution is 2.14. The van der Waals surface area contributed by atoms with Crippen LogP contribution in [0.4, 0.5) is 11.6 Å². The maximum atomic E-state index is 11.4. The Hall–Kier alpha value is -4.09. The standard InChI is InChI=1S/C14H18N4O3.C9H13IN2O.C5H6N2O2/c1-3-10(8-19)17-13-6-11(4-5-15-13)18-7-12(16-9-18)14(20)21-2;1-2-8(6-13)12-9-5-7(10)3-4-11-9;1-9-5(8)4-2-6-3-7-4/h4-7,9-10,19H,3,8H2,1-2H3,(H,15,17);3-5,8,13H,2,6H2,1H3,(H,11,12);2-3H,1H3,(H,6,7)/t10-;8-;/m00./s1. The second-order valence-electron chi connectivity index (χ2n) is 8.74. The zero-order valence-corrected chi connectivity index (χ0v) is 26.6. The van der Waals surface area contributed by atoms with Crippen molar-refractivity contribution in [2.75, 3.05) is 38.1 Å². The summed E-state index contributed by atoms with van der Waals surface area (Å²) in [4.78, 5) is 40.6. The molecule has 0 aliphatic rings. The lowest BCUT2D eigenvalue weighted by Crippen LogP contribution is -2.23. The molecule has 0 saturated carbocycles. The van der Waals surface area contributed by atoms with Gasteiger partial charge in [0, 0.05) is 28.2 Å². The van der Waals surface area contributed by atoms with E-state index < -0.39 is 11.9 Å². The van der Waals surface area contributed by atoms with Crippen LogP contribution in [-0.4, -0.2) is 91.2 Å². The highest BCUT2D eigenvalue weighted by Gasteiger charge is 2.11. The highest BCUT2D eigenvalue weighted by molar-refractivity contribution is 14.1. The molecule has 15 heteroatoms. The van der Waals surface area contributed by atoms with Crippen LogP contribution < -0.4 is 10.6 Å². The van der Waals surface area contributed by atoms with Gasteiger partial charge in [0.2, 0.25) is 0 Å². The number of carbonyl (C=O) groups excluding carboxylic acids is 2. The number of methoxy groups -OCH3 is 2. The summed E-state index contributed by atoms with van der Waals surface area (Å²) < 4.78 is 11.9. The first kappa shape index (κ1) is 35.1. The van der Waals surface area contributed by atoms with E-state index in [1.54, 1.807) is 29.2 Å². The molecule has 4 rings (SSSR count). The van der Waals surface area contributed by atoms with Gasteiger partial charge in [-0.15, -0.1) is 0 Å². The summed E-state index contributed by atoms with van der Waals surface area (Å²) in [5.74, 6) is 0.606. The largest absolute Gasteiger partial charge is 0.464 e. The van der Waals surface area contributed by atoms with Gasteiger partial charge in [-0.1, -0.05) is 13.8 Å². The average Bonchev–Trinajstić information content (AvgIpc) is 3.76. The van der Waals surface area contributed by atoms with E-state index in [0.29, 0.717) is 11.5 Å². The van der Waals surface area contributed by atoms with Crippen LogP contribution in [0.2, 0.25) is 0 Å². The molecule has 0 aliphatic carbocycles. The van der Waals surface area contributed by atoms with Gasteiger partial charge in [0.05, 0.1) is 57.7 Å². The van der Waals surface area contributed by atoms with Crippen molar-refractivity contribution in [3.63, 3.8) is 0 Å². The topological polar surface area (TPSA) is 189 Å². The number of anilines is 2. The minimum Gasteiger partial charge on any atom is -0.464 e. The molecule has 0 aliphatic heterocycles. The van der Waals surface area contributed by atoms with Gasteiger partial charge in [-0.25, -0.2) is 29.5 Å². The summed E-state index contributed by atoms with van der Waals surface area (Å²) in [6.45, 7) is 4.20. The van der Waals surface area contributed by atoms with Crippen LogP contribution in [0.15, 0.2) is 61.7 Å². The summed E-state index contributed by atoms with van der Waals surface area (Å²) in [5, 5.41) is 24.5. The number of imidazole rings is 2. The summed E-state index contributed by atoms with van der Waals surface area (Å²) >= 11 is 2.23. The zero-order valence-electron chi connectivity index (χ0n) is 24.4. The number of aliphatic hydroxyl groups excluding tert-OH is 2. The van der Waals surface area contributed by atoms with Crippen molar-refractivity contribution in [3.05, 3.63) is 76.7 Å². The number of nitrogens with zero attached hydrogens (tertiary/aromatic N) is 5. The van der Waals surface area contributed by atoms with Gasteiger partial charge < -0.3 is 39.9 Å². The molecule has 2 atom stereocenters. The first-order valence-corrected chi connectivity index (χ1v) is 14.4. The number of ether oxygens (including phenoxy) is 2. The number of halogens is 1. The SMILES string of the molecule is CC[C@@H](CO)Nc1cc(-n2cnc(C(=O)OC)c2)ccn1.CC[C@@H](CO)Nc1cc(I)ccn1.COC(=O)c1cnc[nH]1. The maximum Gasteiger partial charge on any atom is 0.358 e. The van der Waals surface area contributed by atoms with Gasteiger partial charge in [0.1, 0.15) is 23.7 Å². The first-order chi connectivity index (χ1) is 20.8. The predicted octanol–water partition coefficient (Wildman–Crippen LogP) is 3.30. The Kier molecular flexibility index (Phi) is 15.6. The van der Waals surface area contributed by atoms with Crippen LogP contribution in [0.5, 0.6) is 0 Å². The van der Waals surface area contributed by atoms with Crippen LogP contribution in [0.1, 0.15) is 47.7 Å². The summed E-state index contributed by atoms with van der Waals surface area (Å²) in [6.07, 6.45) is 11.1. The summed E-state index contributed by atoms with van der Waals surface area (Å²) in [7, 11) is 2.64. The number of rotatable bonds is 11. The molecule has 0 unspecified atom stereocenters. The Balaban J connectivity index is 0.000000249. The maximum absolute atomic E-state index is 11.4. The number of carbonyl (C=O) groups is 2. The minimum absolute atomic E-state index is 0.0406. The third-order valence-corrected chi connectivity index (χ3v) is 6.45. The van der Waals surface area contributed by atoms with Crippen molar-refractivity contribution < 1.29 is 29.3 Å². The Bertz CT molecular complexity index is 1380. The molecule has 0 amide bonds. The quantitative estimate of drug-likeness (QED) is 0.113. The average molecular weight is 709 g/mol. The summed E-state index contributed by atoms with van der Waals surface area (Å²) in [5.41, 5.74) is 1.42. The molecule has 0 radical (unpaired) electrons. The highest BCUT2D eigenvalue weighted by atomic mass is 127. The Morgan fingerprint density at radius 1 is 0.953 bits per heavy atom. The lowest BCUT2D eigenvalue weighted by molar-refractivity contribution is 0.0586. The smallest absolute Gasteiger partial charge is 0.358 e. The fraction of sp³-hybridized carbons (Fsp3) is 0.357. The van der Waals surface area contributed by atoms with Gasteiger partial charge in [-0.3, -0.25) is 0 Å². The molecule has 0 saturated heterocycles. The lowest BCUT2D eigenvalue weighted by Gasteiger charge is -2.15. The second-order valence-corrected chi connectivity index (χ2v) is 9.98. The van der Waals surface area contributed by atoms with E-state index in [-0.39, 0.29) is 31.0 Å². The van der Waals surface area contributed by atoms with Gasteiger partial charge >= 0.3 is 11.9 Å². The Morgan fingerprint density at radius 2 is 1.56 bits per heavy atom. The molecule has 4 heterocycles. The van der Waals surface area contributed by atoms with E-state index in [1.165, 1.54) is 33.1 Å². The molecular weight excluding hydrogens is 671 g/mol. The van der Waals surface area contributed by atoms with Crippen molar-refractivity contribution in [1.29, 1.82) is 0 Å². The molecule has 5 N–H and O–H groups in total. The van der Waals surface area contributed by atoms with E-state index in [4.69, 9.17) is 5.11 Å². The van der Waals surface area contributed by atoms with Crippen LogP contribution in [0.25, 0.3) is 5.69 Å². The molecule has 14 nitrogen and oxygen atoms in total. The number of hydrogen-bond acceptors (Lipinski definition) is 12. The number of esters is 2. The van der Waals surface area contributed by atoms with E-state index in [9.17, 15) is 14.7 Å². The molecule has 0 spiro atoms. The van der Waals surface area contributed by atoms with Crippen molar-refractivity contribution >= 4 is 46.2 Å². The van der Waals surface area contributed by atoms with Crippen LogP contribution >= 0.6 is 22.6 Å². The number of aromatic nitrogens is 6. The number of aromatic amines is 1. The minimum atomic E-state index is -0.479. The number of aliphatic hydroxyl groups is 2. The monoisotopic (exact) mass is 708 g/mol. The summed E-state index contributed by atoms with van der Waals surface area (Å²) in [6, 6.07) is 7.58. The van der Waals surface area contributed by atoms with Crippen molar-refractivity contribution in [1.82, 2.24) is 29.5 Å². The molecule has 4 aromatic heterocycles. The third kappa shape index (κ3) is 12.0. The molecule has 0 aromatic carbocycles. The molecule has 4 aromatic rings. The fourth-order valence-corrected chi connectivity index (χ4v) is 3.72. The predicted molar refractivity (Wildman–Crippen MR) is 169 cm³/mol. The van der Waals surface area contributed by atoms with Crippen molar-refractivity contribution in [2.24, 2.45) is 0 Å². The molecule has 232 valence electrons. The molecular formula is C28H37IN8O6. The van der Waals surface area contributed by atoms with E-state index >= 15 is 0 Å². The normalized spacial score (nSPS) is 11.5. The molecule has 0 fully saturated rings. The first-order valence-electron chi connectivity index (χ1n) is 13.3. The van der Waals surface area contributed by atoms with E-state index in [2.05, 4.69) is 67.6 Å². The Morgan fingerprint density at radius 3 is 2.07 bits per heavy atom. The van der Waals surface area contributed by atoms with Crippen LogP contribution in [-0.2, 0) is 9.47 Å². The number of pyridine rings is 2. The van der Waals surface area contributed by atoms with E-state index in [1.807, 2.05) is 32.0 Å². The van der Waals surface area contributed by atoms with E-state index in [0.717, 1.165) is 27.9 Å². The van der Waals surface area contributed by atoms with Gasteiger partial charge in [-0.2, -0.15) is 0 Å². The van der Waals surface area contributed by atoms with Gasteiger partial charge in [-0.05, 0) is 53.6 Å². The number of nitrogens with one attached hydrogen (secondary N) is 3. The van der Waals surface area contributed by atoms with Crippen molar-refractivity contribution in [3.8, 4) is 5.69 Å². The second kappa shape index (κ2) is 19.2. The Labute approximate surface area is 263 Å². The van der Waals surface area contributed by atoms with Crippen LogP contribution in [0.3, 0.4) is 0 Å². The lowest BCUT2D eigenvalue weighted by atomic mass is 10.2.